The summed E-state index contributed by atoms with van der Waals surface area (Å²) in [6.45, 7) is 2.94. The molecule has 120 valence electrons. The number of carbonyl (C=O) groups is 2. The largest absolute Gasteiger partial charge is 0.326 e. The van der Waals surface area contributed by atoms with Crippen molar-refractivity contribution in [1.82, 2.24) is 25.0 Å². The lowest BCUT2D eigenvalue weighted by molar-refractivity contribution is -0.128. The van der Waals surface area contributed by atoms with Crippen LogP contribution in [0.4, 0.5) is 4.79 Å². The molecular formula is C16H19N5O2. The monoisotopic (exact) mass is 313 g/mol. The van der Waals surface area contributed by atoms with E-state index < -0.39 is 0 Å². The van der Waals surface area contributed by atoms with E-state index in [1.165, 1.54) is 11.2 Å². The Morgan fingerprint density at radius 3 is 2.43 bits per heavy atom. The molecule has 1 aromatic heterocycles. The predicted octanol–water partition coefficient (Wildman–Crippen LogP) is 1.55. The van der Waals surface area contributed by atoms with Crippen molar-refractivity contribution < 1.29 is 9.59 Å². The number of hydrogen-bond donors (Lipinski definition) is 1. The van der Waals surface area contributed by atoms with Crippen LogP contribution in [-0.4, -0.2) is 37.6 Å². The van der Waals surface area contributed by atoms with Gasteiger partial charge in [-0.25, -0.2) is 14.5 Å². The fraction of sp³-hybridized carbons (Fsp3) is 0.375. The zero-order chi connectivity index (χ0) is 16.2. The highest BCUT2D eigenvalue weighted by molar-refractivity contribution is 6.04. The summed E-state index contributed by atoms with van der Waals surface area (Å²) in [6.07, 6.45) is 4.70. The van der Waals surface area contributed by atoms with Crippen molar-refractivity contribution in [3.8, 4) is 0 Å². The maximum Gasteiger partial charge on any atom is 0.325 e. The molecule has 2 heterocycles. The molecule has 1 N–H and O–H groups in total. The summed E-state index contributed by atoms with van der Waals surface area (Å²) in [6, 6.07) is 7.12. The lowest BCUT2D eigenvalue weighted by Gasteiger charge is -2.13. The molecule has 0 radical (unpaired) electrons. The SMILES string of the molecule is CCC[C@H]1NC(=O)N(Cc2ccc(Cn3cncn3)cc2)C1=O. The summed E-state index contributed by atoms with van der Waals surface area (Å²) in [4.78, 5) is 29.3. The van der Waals surface area contributed by atoms with E-state index in [2.05, 4.69) is 15.4 Å². The van der Waals surface area contributed by atoms with Gasteiger partial charge < -0.3 is 5.32 Å². The summed E-state index contributed by atoms with van der Waals surface area (Å²) >= 11 is 0. The fourth-order valence-corrected chi connectivity index (χ4v) is 2.65. The van der Waals surface area contributed by atoms with Gasteiger partial charge in [0.1, 0.15) is 18.7 Å². The molecule has 7 heteroatoms. The minimum Gasteiger partial charge on any atom is -0.326 e. The van der Waals surface area contributed by atoms with Crippen molar-refractivity contribution in [1.29, 1.82) is 0 Å². The Bertz CT molecular complexity index is 681. The van der Waals surface area contributed by atoms with E-state index in [9.17, 15) is 9.59 Å². The molecule has 0 bridgehead atoms. The maximum absolute atomic E-state index is 12.2. The van der Waals surface area contributed by atoms with Crippen LogP contribution in [-0.2, 0) is 17.9 Å². The van der Waals surface area contributed by atoms with Gasteiger partial charge in [0.05, 0.1) is 13.1 Å². The molecular weight excluding hydrogens is 294 g/mol. The zero-order valence-corrected chi connectivity index (χ0v) is 13.0. The van der Waals surface area contributed by atoms with Crippen molar-refractivity contribution in [3.63, 3.8) is 0 Å². The second-order valence-electron chi connectivity index (χ2n) is 5.62. The molecule has 1 aliphatic heterocycles. The Hall–Kier alpha value is -2.70. The van der Waals surface area contributed by atoms with Crippen LogP contribution in [0.5, 0.6) is 0 Å². The first-order valence-corrected chi connectivity index (χ1v) is 7.69. The van der Waals surface area contributed by atoms with E-state index >= 15 is 0 Å². The first-order valence-electron chi connectivity index (χ1n) is 7.69. The lowest BCUT2D eigenvalue weighted by atomic mass is 10.1. The van der Waals surface area contributed by atoms with Crippen molar-refractivity contribution in [2.45, 2.75) is 38.9 Å². The minimum atomic E-state index is -0.376. The molecule has 1 aliphatic rings. The van der Waals surface area contributed by atoms with E-state index in [-0.39, 0.29) is 18.0 Å². The van der Waals surface area contributed by atoms with E-state index in [1.54, 1.807) is 11.0 Å². The number of aromatic nitrogens is 3. The number of benzene rings is 1. The third-order valence-corrected chi connectivity index (χ3v) is 3.86. The van der Waals surface area contributed by atoms with E-state index in [0.29, 0.717) is 19.5 Å². The van der Waals surface area contributed by atoms with Crippen molar-refractivity contribution in [2.24, 2.45) is 0 Å². The van der Waals surface area contributed by atoms with Gasteiger partial charge in [-0.15, -0.1) is 0 Å². The number of urea groups is 1. The van der Waals surface area contributed by atoms with Gasteiger partial charge in [0.15, 0.2) is 0 Å². The second kappa shape index (κ2) is 6.60. The van der Waals surface area contributed by atoms with Crippen LogP contribution in [0.2, 0.25) is 0 Å². The van der Waals surface area contributed by atoms with Gasteiger partial charge in [0.2, 0.25) is 0 Å². The third-order valence-electron chi connectivity index (χ3n) is 3.86. The fourth-order valence-electron chi connectivity index (χ4n) is 2.65. The number of amides is 3. The highest BCUT2D eigenvalue weighted by Crippen LogP contribution is 2.15. The van der Waals surface area contributed by atoms with Gasteiger partial charge in [-0.2, -0.15) is 5.10 Å². The Morgan fingerprint density at radius 2 is 1.83 bits per heavy atom. The van der Waals surface area contributed by atoms with E-state index in [4.69, 9.17) is 0 Å². The highest BCUT2D eigenvalue weighted by Gasteiger charge is 2.36. The van der Waals surface area contributed by atoms with E-state index in [0.717, 1.165) is 17.5 Å². The molecule has 3 amide bonds. The van der Waals surface area contributed by atoms with Crippen LogP contribution in [0.15, 0.2) is 36.9 Å². The molecule has 0 unspecified atom stereocenters. The average molecular weight is 313 g/mol. The van der Waals surface area contributed by atoms with Crippen LogP contribution >= 0.6 is 0 Å². The average Bonchev–Trinajstić information content (AvgIpc) is 3.14. The molecule has 1 saturated heterocycles. The van der Waals surface area contributed by atoms with Crippen LogP contribution < -0.4 is 5.32 Å². The van der Waals surface area contributed by atoms with Gasteiger partial charge in [0, 0.05) is 0 Å². The predicted molar refractivity (Wildman–Crippen MR) is 83.3 cm³/mol. The third kappa shape index (κ3) is 3.39. The number of imide groups is 1. The summed E-state index contributed by atoms with van der Waals surface area (Å²) in [7, 11) is 0. The second-order valence-corrected chi connectivity index (χ2v) is 5.62. The molecule has 1 atom stereocenters. The van der Waals surface area contributed by atoms with Gasteiger partial charge >= 0.3 is 6.03 Å². The molecule has 0 aliphatic carbocycles. The first-order chi connectivity index (χ1) is 11.2. The van der Waals surface area contributed by atoms with Crippen molar-refractivity contribution in [2.75, 3.05) is 0 Å². The van der Waals surface area contributed by atoms with Crippen LogP contribution in [0, 0.1) is 0 Å². The number of rotatable bonds is 6. The van der Waals surface area contributed by atoms with Crippen LogP contribution in [0.1, 0.15) is 30.9 Å². The Kier molecular flexibility index (Phi) is 4.36. The summed E-state index contributed by atoms with van der Waals surface area (Å²) in [5, 5.41) is 6.80. The quantitative estimate of drug-likeness (QED) is 0.821. The molecule has 0 spiro atoms. The summed E-state index contributed by atoms with van der Waals surface area (Å²) in [5.74, 6) is -0.136. The van der Waals surface area contributed by atoms with Gasteiger partial charge in [0.25, 0.3) is 5.91 Å². The highest BCUT2D eigenvalue weighted by atomic mass is 16.2. The summed E-state index contributed by atoms with van der Waals surface area (Å²) in [5.41, 5.74) is 2.01. The normalized spacial score (nSPS) is 17.6. The lowest BCUT2D eigenvalue weighted by Crippen LogP contribution is -2.30. The smallest absolute Gasteiger partial charge is 0.325 e. The van der Waals surface area contributed by atoms with Gasteiger partial charge in [-0.05, 0) is 17.5 Å². The molecule has 7 nitrogen and oxygen atoms in total. The first kappa shape index (κ1) is 15.2. The molecule has 1 aromatic carbocycles. The summed E-state index contributed by atoms with van der Waals surface area (Å²) < 4.78 is 1.74. The van der Waals surface area contributed by atoms with Crippen LogP contribution in [0.3, 0.4) is 0 Å². The number of nitrogens with one attached hydrogen (secondary N) is 1. The number of nitrogens with zero attached hydrogens (tertiary/aromatic N) is 4. The zero-order valence-electron chi connectivity index (χ0n) is 13.0. The maximum atomic E-state index is 12.2. The minimum absolute atomic E-state index is 0.136. The molecule has 1 fully saturated rings. The van der Waals surface area contributed by atoms with Crippen LogP contribution in [0.25, 0.3) is 0 Å². The standard InChI is InChI=1S/C16H19N5O2/c1-2-3-14-15(22)21(16(23)19-14)9-13-6-4-12(5-7-13)8-20-11-17-10-18-20/h4-7,10-11,14H,2-3,8-9H2,1H3,(H,19,23)/t14-/m1/s1. The van der Waals surface area contributed by atoms with Crippen molar-refractivity contribution >= 4 is 11.9 Å². The van der Waals surface area contributed by atoms with E-state index in [1.807, 2.05) is 31.2 Å². The molecule has 0 saturated carbocycles. The molecule has 3 rings (SSSR count). The molecule has 2 aromatic rings. The number of carbonyl (C=O) groups excluding carboxylic acids is 2. The van der Waals surface area contributed by atoms with Gasteiger partial charge in [-0.1, -0.05) is 37.6 Å². The Labute approximate surface area is 134 Å². The van der Waals surface area contributed by atoms with Crippen molar-refractivity contribution in [3.05, 3.63) is 48.0 Å². The topological polar surface area (TPSA) is 80.1 Å². The molecule has 23 heavy (non-hydrogen) atoms. The number of hydrogen-bond acceptors (Lipinski definition) is 4. The van der Waals surface area contributed by atoms with Gasteiger partial charge in [-0.3, -0.25) is 9.69 Å². The Morgan fingerprint density at radius 1 is 1.13 bits per heavy atom. The Balaban J connectivity index is 1.64.